The molecule has 0 unspecified atom stereocenters. The van der Waals surface area contributed by atoms with Gasteiger partial charge in [-0.3, -0.25) is 4.79 Å². The van der Waals surface area contributed by atoms with Gasteiger partial charge >= 0.3 is 6.18 Å². The lowest BCUT2D eigenvalue weighted by Gasteiger charge is -2.19. The second kappa shape index (κ2) is 7.41. The molecule has 2 atom stereocenters. The number of nitrogens with zero attached hydrogens (tertiary/aromatic N) is 1. The molecule has 0 radical (unpaired) electrons. The molecule has 2 aromatic carbocycles. The van der Waals surface area contributed by atoms with Crippen molar-refractivity contribution in [2.24, 2.45) is 11.0 Å². The number of rotatable bonds is 4. The van der Waals surface area contributed by atoms with Crippen LogP contribution in [0.5, 0.6) is 0 Å². The maximum Gasteiger partial charge on any atom is 0.416 e. The first-order chi connectivity index (χ1) is 13.1. The molecule has 1 saturated carbocycles. The van der Waals surface area contributed by atoms with Gasteiger partial charge in [-0.25, -0.2) is 5.43 Å². The molecule has 3 rings (SSSR count). The average molecular weight is 388 g/mol. The highest BCUT2D eigenvalue weighted by Crippen LogP contribution is 2.47. The third-order valence-electron chi connectivity index (χ3n) is 4.96. The molecule has 1 N–H and O–H groups in total. The van der Waals surface area contributed by atoms with E-state index in [4.69, 9.17) is 0 Å². The maximum absolute atomic E-state index is 12.5. The Morgan fingerprint density at radius 2 is 1.57 bits per heavy atom. The molecule has 0 saturated heterocycles. The van der Waals surface area contributed by atoms with Gasteiger partial charge in [-0.05, 0) is 46.6 Å². The van der Waals surface area contributed by atoms with Gasteiger partial charge in [-0.2, -0.15) is 18.3 Å². The van der Waals surface area contributed by atoms with Gasteiger partial charge in [0, 0.05) is 5.92 Å². The molecule has 28 heavy (non-hydrogen) atoms. The monoisotopic (exact) mass is 388 g/mol. The van der Waals surface area contributed by atoms with Gasteiger partial charge in [0.25, 0.3) is 0 Å². The van der Waals surface area contributed by atoms with E-state index in [1.54, 1.807) is 0 Å². The van der Waals surface area contributed by atoms with Gasteiger partial charge < -0.3 is 0 Å². The van der Waals surface area contributed by atoms with Gasteiger partial charge in [0.1, 0.15) is 0 Å². The highest BCUT2D eigenvalue weighted by Gasteiger charge is 2.44. The van der Waals surface area contributed by atoms with Crippen molar-refractivity contribution < 1.29 is 18.0 Å². The van der Waals surface area contributed by atoms with Crippen LogP contribution in [-0.4, -0.2) is 12.1 Å². The van der Waals surface area contributed by atoms with Crippen molar-refractivity contribution >= 4 is 12.1 Å². The Bertz CT molecular complexity index is 863. The number of carbonyl (C=O) groups is 1. The zero-order chi connectivity index (χ0) is 20.5. The first kappa shape index (κ1) is 20.1. The van der Waals surface area contributed by atoms with E-state index < -0.39 is 11.7 Å². The highest BCUT2D eigenvalue weighted by molar-refractivity contribution is 5.85. The van der Waals surface area contributed by atoms with Crippen LogP contribution in [0, 0.1) is 5.92 Å². The van der Waals surface area contributed by atoms with Crippen molar-refractivity contribution in [2.75, 3.05) is 0 Å². The zero-order valence-electron chi connectivity index (χ0n) is 16.0. The number of hydrazone groups is 1. The van der Waals surface area contributed by atoms with Crippen LogP contribution in [0.4, 0.5) is 13.2 Å². The molecule has 0 bridgehead atoms. The summed E-state index contributed by atoms with van der Waals surface area (Å²) in [6, 6.07) is 13.0. The van der Waals surface area contributed by atoms with Crippen LogP contribution in [0.15, 0.2) is 53.6 Å². The van der Waals surface area contributed by atoms with Gasteiger partial charge in [0.05, 0.1) is 11.8 Å². The molecule has 1 amide bonds. The van der Waals surface area contributed by atoms with Gasteiger partial charge in [-0.1, -0.05) is 57.2 Å². The summed E-state index contributed by atoms with van der Waals surface area (Å²) >= 11 is 0. The lowest BCUT2D eigenvalue weighted by molar-refractivity contribution is -0.137. The number of hydrogen-bond donors (Lipinski definition) is 1. The van der Waals surface area contributed by atoms with E-state index in [0.717, 1.165) is 24.1 Å². The molecule has 1 fully saturated rings. The van der Waals surface area contributed by atoms with E-state index >= 15 is 0 Å². The number of nitrogens with one attached hydrogen (secondary N) is 1. The summed E-state index contributed by atoms with van der Waals surface area (Å²) < 4.78 is 37.6. The molecule has 2 aromatic rings. The number of alkyl halides is 3. The van der Waals surface area contributed by atoms with Crippen molar-refractivity contribution in [2.45, 2.75) is 44.7 Å². The van der Waals surface area contributed by atoms with Crippen LogP contribution in [-0.2, 0) is 16.4 Å². The molecular weight excluding hydrogens is 365 g/mol. The summed E-state index contributed by atoms with van der Waals surface area (Å²) in [5, 5.41) is 3.86. The fourth-order valence-electron chi connectivity index (χ4n) is 3.09. The molecule has 0 heterocycles. The molecular formula is C22H23F3N2O. The van der Waals surface area contributed by atoms with E-state index in [-0.39, 0.29) is 23.2 Å². The van der Waals surface area contributed by atoms with Crippen molar-refractivity contribution in [3.05, 3.63) is 70.8 Å². The fourth-order valence-corrected chi connectivity index (χ4v) is 3.09. The van der Waals surface area contributed by atoms with E-state index in [1.807, 2.05) is 0 Å². The fraction of sp³-hybridized carbons (Fsp3) is 0.364. The standard InChI is InChI=1S/C22H23F3N2O/c1-21(2,3)16-10-6-15(7-11-16)18-12-19(18)20(28)27-26-13-14-4-8-17(9-5-14)22(23,24)25/h4-11,13,18-19H,12H2,1-3H3,(H,27,28)/b26-13-/t18-,19-/m0/s1. The Morgan fingerprint density at radius 1 is 1.00 bits per heavy atom. The van der Waals surface area contributed by atoms with Crippen molar-refractivity contribution in [1.29, 1.82) is 0 Å². The smallest absolute Gasteiger partial charge is 0.273 e. The summed E-state index contributed by atoms with van der Waals surface area (Å²) in [5.41, 5.74) is 4.73. The van der Waals surface area contributed by atoms with Crippen LogP contribution in [0.25, 0.3) is 0 Å². The first-order valence-electron chi connectivity index (χ1n) is 9.16. The Kier molecular flexibility index (Phi) is 5.33. The van der Waals surface area contributed by atoms with E-state index in [1.165, 1.54) is 23.9 Å². The molecule has 0 spiro atoms. The summed E-state index contributed by atoms with van der Waals surface area (Å²) in [6.45, 7) is 6.47. The summed E-state index contributed by atoms with van der Waals surface area (Å²) in [6.07, 6.45) is -2.25. The van der Waals surface area contributed by atoms with Gasteiger partial charge in [0.15, 0.2) is 0 Å². The lowest BCUT2D eigenvalue weighted by atomic mass is 9.86. The van der Waals surface area contributed by atoms with Crippen LogP contribution in [0.1, 0.15) is 55.4 Å². The molecule has 1 aliphatic rings. The molecule has 0 aromatic heterocycles. The van der Waals surface area contributed by atoms with E-state index in [0.29, 0.717) is 5.56 Å². The largest absolute Gasteiger partial charge is 0.416 e. The lowest BCUT2D eigenvalue weighted by Crippen LogP contribution is -2.20. The normalized spacial score (nSPS) is 19.6. The maximum atomic E-state index is 12.5. The zero-order valence-corrected chi connectivity index (χ0v) is 16.0. The summed E-state index contributed by atoms with van der Waals surface area (Å²) in [5.74, 6) is -0.103. The highest BCUT2D eigenvalue weighted by atomic mass is 19.4. The molecule has 0 aliphatic heterocycles. The second-order valence-corrected chi connectivity index (χ2v) is 8.17. The van der Waals surface area contributed by atoms with E-state index in [9.17, 15) is 18.0 Å². The van der Waals surface area contributed by atoms with Crippen LogP contribution in [0.3, 0.4) is 0 Å². The minimum absolute atomic E-state index is 0.0892. The summed E-state index contributed by atoms with van der Waals surface area (Å²) in [4.78, 5) is 12.2. The molecule has 148 valence electrons. The Morgan fingerprint density at radius 3 is 2.11 bits per heavy atom. The Balaban J connectivity index is 1.53. The average Bonchev–Trinajstić information content (AvgIpc) is 3.41. The molecule has 3 nitrogen and oxygen atoms in total. The summed E-state index contributed by atoms with van der Waals surface area (Å²) in [7, 11) is 0. The van der Waals surface area contributed by atoms with Crippen LogP contribution < -0.4 is 5.43 Å². The van der Waals surface area contributed by atoms with Crippen molar-refractivity contribution in [3.8, 4) is 0 Å². The SMILES string of the molecule is CC(C)(C)c1ccc([C@@H]2C[C@@H]2C(=O)N/N=C\c2ccc(C(F)(F)F)cc2)cc1. The number of benzene rings is 2. The molecule has 1 aliphatic carbocycles. The number of amides is 1. The number of hydrogen-bond acceptors (Lipinski definition) is 2. The third kappa shape index (κ3) is 4.80. The van der Waals surface area contributed by atoms with Crippen molar-refractivity contribution in [3.63, 3.8) is 0 Å². The first-order valence-corrected chi connectivity index (χ1v) is 9.16. The third-order valence-corrected chi connectivity index (χ3v) is 4.96. The number of halogens is 3. The predicted octanol–water partition coefficient (Wildman–Crippen LogP) is 5.26. The predicted molar refractivity (Wildman–Crippen MR) is 103 cm³/mol. The number of carbonyl (C=O) groups excluding carboxylic acids is 1. The molecule has 6 heteroatoms. The van der Waals surface area contributed by atoms with Crippen molar-refractivity contribution in [1.82, 2.24) is 5.43 Å². The van der Waals surface area contributed by atoms with Gasteiger partial charge in [-0.15, -0.1) is 0 Å². The Hall–Kier alpha value is -2.63. The second-order valence-electron chi connectivity index (χ2n) is 8.17. The Labute approximate surface area is 162 Å². The van der Waals surface area contributed by atoms with Gasteiger partial charge in [0.2, 0.25) is 5.91 Å². The minimum Gasteiger partial charge on any atom is -0.273 e. The minimum atomic E-state index is -4.37. The van der Waals surface area contributed by atoms with Crippen LogP contribution >= 0.6 is 0 Å². The van der Waals surface area contributed by atoms with E-state index in [2.05, 4.69) is 55.6 Å². The quantitative estimate of drug-likeness (QED) is 0.564. The van der Waals surface area contributed by atoms with Crippen LogP contribution in [0.2, 0.25) is 0 Å². The topological polar surface area (TPSA) is 41.5 Å².